The first-order valence-corrected chi connectivity index (χ1v) is 6.33. The molecule has 0 spiro atoms. The number of aliphatic carboxylic acids is 1. The molecule has 1 aromatic rings. The topological polar surface area (TPSA) is 78.8 Å². The number of rotatable bonds is 8. The molecule has 19 heavy (non-hydrogen) atoms. The molecule has 0 fully saturated rings. The number of ether oxygens (including phenoxy) is 1. The smallest absolute Gasteiger partial charge is 0.327 e. The van der Waals surface area contributed by atoms with Gasteiger partial charge >= 0.3 is 5.97 Å². The minimum atomic E-state index is -1.11. The number of nitrogens with one attached hydrogen (secondary N) is 1. The molecule has 106 valence electrons. The number of hydrogen-bond donors (Lipinski definition) is 3. The molecule has 1 unspecified atom stereocenters. The maximum absolute atomic E-state index is 11.3. The van der Waals surface area contributed by atoms with Gasteiger partial charge in [0.1, 0.15) is 17.9 Å². The quantitative estimate of drug-likeness (QED) is 0.663. The summed E-state index contributed by atoms with van der Waals surface area (Å²) in [4.78, 5) is 11.3. The first kappa shape index (κ1) is 15.5. The number of carboxylic acid groups (broad SMARTS) is 1. The fourth-order valence-electron chi connectivity index (χ4n) is 1.51. The third-order valence-electron chi connectivity index (χ3n) is 2.87. The van der Waals surface area contributed by atoms with Crippen molar-refractivity contribution in [3.05, 3.63) is 29.8 Å². The van der Waals surface area contributed by atoms with Gasteiger partial charge in [-0.05, 0) is 37.6 Å². The zero-order valence-corrected chi connectivity index (χ0v) is 11.3. The van der Waals surface area contributed by atoms with Crippen molar-refractivity contribution in [2.24, 2.45) is 0 Å². The highest BCUT2D eigenvalue weighted by molar-refractivity contribution is 5.78. The molecule has 0 aliphatic heterocycles. The SMILES string of the molecule is CCCNC(C)(COc1ccc(CO)cc1)C(=O)O. The maximum atomic E-state index is 11.3. The van der Waals surface area contributed by atoms with Crippen LogP contribution in [-0.4, -0.2) is 34.9 Å². The maximum Gasteiger partial charge on any atom is 0.327 e. The van der Waals surface area contributed by atoms with Gasteiger partial charge in [0.05, 0.1) is 6.61 Å². The predicted molar refractivity (Wildman–Crippen MR) is 72.2 cm³/mol. The molecule has 0 radical (unpaired) electrons. The van der Waals surface area contributed by atoms with E-state index in [2.05, 4.69) is 5.32 Å². The first-order chi connectivity index (χ1) is 9.01. The highest BCUT2D eigenvalue weighted by Gasteiger charge is 2.33. The Morgan fingerprint density at radius 2 is 2.00 bits per heavy atom. The van der Waals surface area contributed by atoms with E-state index in [0.717, 1.165) is 12.0 Å². The molecule has 0 aliphatic carbocycles. The second-order valence-corrected chi connectivity index (χ2v) is 4.65. The summed E-state index contributed by atoms with van der Waals surface area (Å²) in [5.41, 5.74) is -0.316. The normalized spacial score (nSPS) is 13.8. The Bertz CT molecular complexity index is 404. The van der Waals surface area contributed by atoms with Crippen LogP contribution in [0.5, 0.6) is 5.75 Å². The van der Waals surface area contributed by atoms with Crippen molar-refractivity contribution in [1.29, 1.82) is 0 Å². The minimum Gasteiger partial charge on any atom is -0.491 e. The van der Waals surface area contributed by atoms with Gasteiger partial charge in [0.15, 0.2) is 0 Å². The molecular weight excluding hydrogens is 246 g/mol. The third-order valence-corrected chi connectivity index (χ3v) is 2.87. The lowest BCUT2D eigenvalue weighted by atomic mass is 10.0. The molecule has 5 heteroatoms. The molecule has 0 saturated carbocycles. The second kappa shape index (κ2) is 7.11. The summed E-state index contributed by atoms with van der Waals surface area (Å²) in [6.45, 7) is 4.22. The Labute approximate surface area is 113 Å². The Morgan fingerprint density at radius 1 is 1.37 bits per heavy atom. The van der Waals surface area contributed by atoms with Crippen molar-refractivity contribution in [3.8, 4) is 5.75 Å². The van der Waals surface area contributed by atoms with Crippen LogP contribution >= 0.6 is 0 Å². The van der Waals surface area contributed by atoms with E-state index in [1.165, 1.54) is 0 Å². The van der Waals surface area contributed by atoms with Crippen LogP contribution < -0.4 is 10.1 Å². The molecule has 5 nitrogen and oxygen atoms in total. The molecule has 0 heterocycles. The monoisotopic (exact) mass is 267 g/mol. The van der Waals surface area contributed by atoms with Crippen LogP contribution in [0, 0.1) is 0 Å². The van der Waals surface area contributed by atoms with E-state index in [1.54, 1.807) is 31.2 Å². The fraction of sp³-hybridized carbons (Fsp3) is 0.500. The van der Waals surface area contributed by atoms with E-state index in [1.807, 2.05) is 6.92 Å². The zero-order valence-electron chi connectivity index (χ0n) is 11.3. The number of hydrogen-bond acceptors (Lipinski definition) is 4. The van der Waals surface area contributed by atoms with E-state index >= 15 is 0 Å². The van der Waals surface area contributed by atoms with Crippen molar-refractivity contribution in [2.75, 3.05) is 13.2 Å². The molecule has 0 amide bonds. The number of benzene rings is 1. The fourth-order valence-corrected chi connectivity index (χ4v) is 1.51. The Balaban J connectivity index is 2.62. The van der Waals surface area contributed by atoms with Crippen molar-refractivity contribution < 1.29 is 19.7 Å². The van der Waals surface area contributed by atoms with Crippen molar-refractivity contribution in [1.82, 2.24) is 5.32 Å². The number of aliphatic hydroxyl groups excluding tert-OH is 1. The third kappa shape index (κ3) is 4.54. The van der Waals surface area contributed by atoms with Crippen LogP contribution in [0.1, 0.15) is 25.8 Å². The molecule has 1 rings (SSSR count). The lowest BCUT2D eigenvalue weighted by Crippen LogP contribution is -2.54. The number of aliphatic hydroxyl groups is 1. The van der Waals surface area contributed by atoms with Gasteiger partial charge in [0.2, 0.25) is 0 Å². The molecule has 0 saturated heterocycles. The van der Waals surface area contributed by atoms with Gasteiger partial charge in [-0.1, -0.05) is 19.1 Å². The summed E-state index contributed by atoms with van der Waals surface area (Å²) in [5.74, 6) is -0.351. The average molecular weight is 267 g/mol. The van der Waals surface area contributed by atoms with Gasteiger partial charge < -0.3 is 14.9 Å². The highest BCUT2D eigenvalue weighted by Crippen LogP contribution is 2.15. The van der Waals surface area contributed by atoms with Gasteiger partial charge in [-0.25, -0.2) is 0 Å². The largest absolute Gasteiger partial charge is 0.491 e. The van der Waals surface area contributed by atoms with Crippen LogP contribution in [-0.2, 0) is 11.4 Å². The van der Waals surface area contributed by atoms with E-state index in [-0.39, 0.29) is 13.2 Å². The molecule has 0 bridgehead atoms. The van der Waals surface area contributed by atoms with Gasteiger partial charge in [0.25, 0.3) is 0 Å². The lowest BCUT2D eigenvalue weighted by molar-refractivity contribution is -0.145. The van der Waals surface area contributed by atoms with Gasteiger partial charge in [-0.3, -0.25) is 10.1 Å². The molecule has 0 aliphatic rings. The number of carboxylic acids is 1. The Hall–Kier alpha value is -1.59. The Morgan fingerprint density at radius 3 is 2.47 bits per heavy atom. The van der Waals surface area contributed by atoms with Gasteiger partial charge in [-0.2, -0.15) is 0 Å². The van der Waals surface area contributed by atoms with Gasteiger partial charge in [-0.15, -0.1) is 0 Å². The average Bonchev–Trinajstić information content (AvgIpc) is 2.43. The summed E-state index contributed by atoms with van der Waals surface area (Å²) in [6, 6.07) is 6.92. The van der Waals surface area contributed by atoms with E-state index in [4.69, 9.17) is 9.84 Å². The highest BCUT2D eigenvalue weighted by atomic mass is 16.5. The number of carbonyl (C=O) groups is 1. The molecule has 0 aromatic heterocycles. The predicted octanol–water partition coefficient (Wildman–Crippen LogP) is 1.40. The summed E-state index contributed by atoms with van der Waals surface area (Å²) < 4.78 is 5.50. The van der Waals surface area contributed by atoms with Crippen LogP contribution in [0.3, 0.4) is 0 Å². The summed E-state index contributed by atoms with van der Waals surface area (Å²) in [6.07, 6.45) is 0.855. The van der Waals surface area contributed by atoms with E-state index in [9.17, 15) is 9.90 Å². The molecule has 1 atom stereocenters. The first-order valence-electron chi connectivity index (χ1n) is 6.33. The molecule has 3 N–H and O–H groups in total. The van der Waals surface area contributed by atoms with Crippen LogP contribution in [0.25, 0.3) is 0 Å². The Kier molecular flexibility index (Phi) is 5.79. The van der Waals surface area contributed by atoms with E-state index < -0.39 is 11.5 Å². The van der Waals surface area contributed by atoms with Crippen LogP contribution in [0.15, 0.2) is 24.3 Å². The minimum absolute atomic E-state index is 0.0226. The molecule has 1 aromatic carbocycles. The van der Waals surface area contributed by atoms with Crippen molar-refractivity contribution in [2.45, 2.75) is 32.4 Å². The van der Waals surface area contributed by atoms with Gasteiger partial charge in [0, 0.05) is 0 Å². The lowest BCUT2D eigenvalue weighted by Gasteiger charge is -2.26. The van der Waals surface area contributed by atoms with Crippen LogP contribution in [0.4, 0.5) is 0 Å². The summed E-state index contributed by atoms with van der Waals surface area (Å²) in [5, 5.41) is 21.1. The van der Waals surface area contributed by atoms with Crippen LogP contribution in [0.2, 0.25) is 0 Å². The van der Waals surface area contributed by atoms with E-state index in [0.29, 0.717) is 12.3 Å². The summed E-state index contributed by atoms with van der Waals surface area (Å²) in [7, 11) is 0. The molecular formula is C14H21NO4. The second-order valence-electron chi connectivity index (χ2n) is 4.65. The van der Waals surface area contributed by atoms with Crippen molar-refractivity contribution in [3.63, 3.8) is 0 Å². The zero-order chi connectivity index (χ0) is 14.3. The summed E-state index contributed by atoms with van der Waals surface area (Å²) >= 11 is 0. The van der Waals surface area contributed by atoms with Crippen molar-refractivity contribution >= 4 is 5.97 Å². The standard InChI is InChI=1S/C14H21NO4/c1-3-8-15-14(2,13(17)18)10-19-12-6-4-11(9-16)5-7-12/h4-7,15-16H,3,8-10H2,1-2H3,(H,17,18).